The Bertz CT molecular complexity index is 665. The van der Waals surface area contributed by atoms with Crippen molar-refractivity contribution in [2.24, 2.45) is 5.73 Å². The number of ether oxygens (including phenoxy) is 1. The second kappa shape index (κ2) is 6.00. The van der Waals surface area contributed by atoms with E-state index in [2.05, 4.69) is 36.2 Å². The van der Waals surface area contributed by atoms with Crippen LogP contribution < -0.4 is 10.6 Å². The van der Waals surface area contributed by atoms with Gasteiger partial charge >= 0.3 is 0 Å². The van der Waals surface area contributed by atoms with Gasteiger partial charge in [-0.2, -0.15) is 0 Å². The molecule has 2 N–H and O–H groups in total. The zero-order valence-corrected chi connectivity index (χ0v) is 13.0. The van der Waals surface area contributed by atoms with Crippen molar-refractivity contribution in [3.8, 4) is 0 Å². The predicted octanol–water partition coefficient (Wildman–Crippen LogP) is 3.09. The van der Waals surface area contributed by atoms with Crippen LogP contribution in [0.3, 0.4) is 0 Å². The van der Waals surface area contributed by atoms with E-state index in [9.17, 15) is 0 Å². The maximum absolute atomic E-state index is 5.84. The number of rotatable bonds is 4. The van der Waals surface area contributed by atoms with Crippen LogP contribution in [0.15, 0.2) is 36.4 Å². The van der Waals surface area contributed by atoms with E-state index in [4.69, 9.17) is 22.7 Å². The molecule has 0 bridgehead atoms. The Hall–Kier alpha value is -1.65. The number of likely N-dealkylation sites (N-methyl/N-ethyl adjacent to an activating group) is 1. The van der Waals surface area contributed by atoms with Gasteiger partial charge in [0.1, 0.15) is 4.99 Å². The van der Waals surface area contributed by atoms with Gasteiger partial charge in [0.2, 0.25) is 0 Å². The normalized spacial score (nSPS) is 18.0. The quantitative estimate of drug-likeness (QED) is 0.881. The summed E-state index contributed by atoms with van der Waals surface area (Å²) in [6.45, 7) is 1.80. The molecule has 3 nitrogen and oxygen atoms in total. The highest BCUT2D eigenvalue weighted by atomic mass is 32.1. The van der Waals surface area contributed by atoms with Gasteiger partial charge in [-0.3, -0.25) is 0 Å². The van der Waals surface area contributed by atoms with Crippen molar-refractivity contribution < 1.29 is 4.74 Å². The van der Waals surface area contributed by atoms with Crippen molar-refractivity contribution in [3.63, 3.8) is 0 Å². The fraction of sp³-hybridized carbons (Fsp3) is 0.353. The summed E-state index contributed by atoms with van der Waals surface area (Å²) in [5, 5.41) is 2.30. The first kappa shape index (κ1) is 14.3. The third kappa shape index (κ3) is 2.87. The second-order valence-corrected chi connectivity index (χ2v) is 6.00. The SMILES string of the molecule is CN(CC1CCCO1)c1ccc(C(N)=S)c2ccccc12. The van der Waals surface area contributed by atoms with Gasteiger partial charge in [0.15, 0.2) is 0 Å². The third-order valence-electron chi connectivity index (χ3n) is 4.08. The topological polar surface area (TPSA) is 38.5 Å². The van der Waals surface area contributed by atoms with Crippen LogP contribution in [0.2, 0.25) is 0 Å². The van der Waals surface area contributed by atoms with Crippen molar-refractivity contribution >= 4 is 33.7 Å². The minimum Gasteiger partial charge on any atom is -0.389 e. The summed E-state index contributed by atoms with van der Waals surface area (Å²) in [6.07, 6.45) is 2.65. The molecule has 1 unspecified atom stereocenters. The van der Waals surface area contributed by atoms with Crippen LogP contribution in [0.25, 0.3) is 10.8 Å². The molecule has 21 heavy (non-hydrogen) atoms. The van der Waals surface area contributed by atoms with Gasteiger partial charge < -0.3 is 15.4 Å². The van der Waals surface area contributed by atoms with Gasteiger partial charge in [-0.25, -0.2) is 0 Å². The Balaban J connectivity index is 1.98. The van der Waals surface area contributed by atoms with E-state index in [1.165, 1.54) is 17.5 Å². The molecule has 2 aromatic carbocycles. The smallest absolute Gasteiger partial charge is 0.104 e. The molecule has 1 aliphatic rings. The lowest BCUT2D eigenvalue weighted by Gasteiger charge is -2.25. The number of hydrogen-bond acceptors (Lipinski definition) is 3. The number of nitrogens with two attached hydrogens (primary N) is 1. The molecule has 110 valence electrons. The average Bonchev–Trinajstić information content (AvgIpc) is 2.98. The van der Waals surface area contributed by atoms with Gasteiger partial charge in [-0.1, -0.05) is 36.5 Å². The van der Waals surface area contributed by atoms with Gasteiger partial charge in [0.05, 0.1) is 6.10 Å². The fourth-order valence-corrected chi connectivity index (χ4v) is 3.20. The van der Waals surface area contributed by atoms with Crippen molar-refractivity contribution in [1.82, 2.24) is 0 Å². The van der Waals surface area contributed by atoms with Crippen LogP contribution in [0.5, 0.6) is 0 Å². The maximum atomic E-state index is 5.84. The van der Waals surface area contributed by atoms with Crippen LogP contribution in [-0.2, 0) is 4.74 Å². The largest absolute Gasteiger partial charge is 0.389 e. The fourth-order valence-electron chi connectivity index (χ4n) is 3.02. The molecule has 1 saturated heterocycles. The highest BCUT2D eigenvalue weighted by molar-refractivity contribution is 7.80. The van der Waals surface area contributed by atoms with Crippen LogP contribution in [0, 0.1) is 0 Å². The van der Waals surface area contributed by atoms with Gasteiger partial charge in [-0.05, 0) is 30.4 Å². The number of anilines is 1. The summed E-state index contributed by atoms with van der Waals surface area (Å²) in [6, 6.07) is 12.4. The molecule has 1 fully saturated rings. The highest BCUT2D eigenvalue weighted by Gasteiger charge is 2.19. The first-order valence-corrected chi connectivity index (χ1v) is 7.72. The summed E-state index contributed by atoms with van der Waals surface area (Å²) in [4.78, 5) is 2.71. The number of fused-ring (bicyclic) bond motifs is 1. The molecule has 1 heterocycles. The van der Waals surface area contributed by atoms with Gasteiger partial charge in [0, 0.05) is 36.8 Å². The molecule has 0 spiro atoms. The summed E-state index contributed by atoms with van der Waals surface area (Å²) in [5.41, 5.74) is 7.97. The van der Waals surface area contributed by atoms with Crippen molar-refractivity contribution in [3.05, 3.63) is 42.0 Å². The summed E-state index contributed by atoms with van der Waals surface area (Å²) >= 11 is 5.16. The maximum Gasteiger partial charge on any atom is 0.104 e. The lowest BCUT2D eigenvalue weighted by Crippen LogP contribution is -2.28. The minimum absolute atomic E-state index is 0.337. The zero-order chi connectivity index (χ0) is 14.8. The lowest BCUT2D eigenvalue weighted by molar-refractivity contribution is 0.116. The molecular formula is C17H20N2OS. The van der Waals surface area contributed by atoms with E-state index in [-0.39, 0.29) is 0 Å². The van der Waals surface area contributed by atoms with Crippen LogP contribution >= 0.6 is 12.2 Å². The summed E-state index contributed by atoms with van der Waals surface area (Å²) < 4.78 is 5.74. The van der Waals surface area contributed by atoms with E-state index in [0.29, 0.717) is 11.1 Å². The van der Waals surface area contributed by atoms with Crippen molar-refractivity contribution in [2.45, 2.75) is 18.9 Å². The molecule has 2 aromatic rings. The number of nitrogens with zero attached hydrogens (tertiary/aromatic N) is 1. The first-order chi connectivity index (χ1) is 10.2. The monoisotopic (exact) mass is 300 g/mol. The standard InChI is InChI=1S/C17H20N2OS/c1-19(11-12-5-4-10-20-12)16-9-8-15(17(18)21)13-6-2-3-7-14(13)16/h2-3,6-9,12H,4-5,10-11H2,1H3,(H2,18,21). The lowest BCUT2D eigenvalue weighted by atomic mass is 10.0. The zero-order valence-electron chi connectivity index (χ0n) is 12.2. The molecule has 1 atom stereocenters. The summed E-state index contributed by atoms with van der Waals surface area (Å²) in [7, 11) is 2.11. The Labute approximate surface area is 130 Å². The molecule has 0 aliphatic carbocycles. The van der Waals surface area contributed by atoms with E-state index >= 15 is 0 Å². The molecule has 3 rings (SSSR count). The predicted molar refractivity (Wildman–Crippen MR) is 92.1 cm³/mol. The Morgan fingerprint density at radius 3 is 2.71 bits per heavy atom. The first-order valence-electron chi connectivity index (χ1n) is 7.31. The Morgan fingerprint density at radius 1 is 1.29 bits per heavy atom. The van der Waals surface area contributed by atoms with E-state index in [1.54, 1.807) is 0 Å². The molecule has 0 radical (unpaired) electrons. The molecule has 0 aromatic heterocycles. The van der Waals surface area contributed by atoms with Gasteiger partial charge in [-0.15, -0.1) is 0 Å². The van der Waals surface area contributed by atoms with E-state index in [0.717, 1.165) is 30.5 Å². The Kier molecular flexibility index (Phi) is 4.08. The van der Waals surface area contributed by atoms with E-state index < -0.39 is 0 Å². The van der Waals surface area contributed by atoms with Crippen LogP contribution in [-0.4, -0.2) is 31.3 Å². The van der Waals surface area contributed by atoms with Crippen molar-refractivity contribution in [1.29, 1.82) is 0 Å². The molecule has 4 heteroatoms. The highest BCUT2D eigenvalue weighted by Crippen LogP contribution is 2.29. The minimum atomic E-state index is 0.337. The van der Waals surface area contributed by atoms with Gasteiger partial charge in [0.25, 0.3) is 0 Å². The summed E-state index contributed by atoms with van der Waals surface area (Å²) in [5.74, 6) is 0. The Morgan fingerprint density at radius 2 is 2.05 bits per heavy atom. The van der Waals surface area contributed by atoms with Crippen LogP contribution in [0.4, 0.5) is 5.69 Å². The number of hydrogen-bond donors (Lipinski definition) is 1. The number of thiocarbonyl (C=S) groups is 1. The molecular weight excluding hydrogens is 280 g/mol. The van der Waals surface area contributed by atoms with Crippen LogP contribution in [0.1, 0.15) is 18.4 Å². The third-order valence-corrected chi connectivity index (χ3v) is 4.30. The second-order valence-electron chi connectivity index (χ2n) is 5.56. The average molecular weight is 300 g/mol. The van der Waals surface area contributed by atoms with E-state index in [1.807, 2.05) is 12.1 Å². The number of benzene rings is 2. The van der Waals surface area contributed by atoms with Crippen molar-refractivity contribution in [2.75, 3.05) is 25.1 Å². The molecule has 0 amide bonds. The molecule has 1 aliphatic heterocycles. The molecule has 0 saturated carbocycles.